The molecule has 31 heavy (non-hydrogen) atoms. The van der Waals surface area contributed by atoms with Gasteiger partial charge in [0.2, 0.25) is 5.95 Å². The number of methoxy groups -OCH3 is 1. The molecule has 0 radical (unpaired) electrons. The molecule has 1 aromatic carbocycles. The molecule has 11 heteroatoms. The fourth-order valence-electron chi connectivity index (χ4n) is 3.21. The van der Waals surface area contributed by atoms with Gasteiger partial charge >= 0.3 is 12.6 Å². The number of carbonyl (C=O) groups excluding carboxylic acids is 1. The molecule has 0 spiro atoms. The molecule has 0 atom stereocenters. The first kappa shape index (κ1) is 22.5. The van der Waals surface area contributed by atoms with E-state index in [2.05, 4.69) is 35.1 Å². The Hall–Kier alpha value is -3.21. The van der Waals surface area contributed by atoms with E-state index in [0.717, 1.165) is 38.7 Å². The quantitative estimate of drug-likeness (QED) is 0.618. The molecule has 1 aliphatic rings. The number of ether oxygens (including phenoxy) is 2. The number of aromatic nitrogens is 2. The molecule has 0 unspecified atom stereocenters. The van der Waals surface area contributed by atoms with Crippen LogP contribution in [0.5, 0.6) is 11.5 Å². The van der Waals surface area contributed by atoms with Gasteiger partial charge in [0.1, 0.15) is 0 Å². The number of hydrogen-bond donors (Lipinski definition) is 2. The maximum atomic E-state index is 12.4. The molecule has 1 aliphatic heterocycles. The number of piperazine rings is 1. The molecule has 1 fully saturated rings. The van der Waals surface area contributed by atoms with E-state index in [1.54, 1.807) is 30.6 Å². The highest BCUT2D eigenvalue weighted by atomic mass is 19.3. The molecule has 1 aromatic heterocycles. The van der Waals surface area contributed by atoms with Gasteiger partial charge in [-0.15, -0.1) is 0 Å². The fourth-order valence-corrected chi connectivity index (χ4v) is 3.21. The highest BCUT2D eigenvalue weighted by Crippen LogP contribution is 2.29. The molecule has 2 amide bonds. The zero-order valence-corrected chi connectivity index (χ0v) is 17.3. The van der Waals surface area contributed by atoms with Crippen molar-refractivity contribution < 1.29 is 23.0 Å². The molecule has 3 rings (SSSR count). The van der Waals surface area contributed by atoms with Gasteiger partial charge in [-0.2, -0.15) is 8.78 Å². The number of urea groups is 1. The summed E-state index contributed by atoms with van der Waals surface area (Å²) in [7, 11) is 1.37. The summed E-state index contributed by atoms with van der Waals surface area (Å²) in [5, 5.41) is 5.56. The van der Waals surface area contributed by atoms with E-state index >= 15 is 0 Å². The Bertz CT molecular complexity index is 835. The van der Waals surface area contributed by atoms with Crippen molar-refractivity contribution in [2.24, 2.45) is 0 Å². The largest absolute Gasteiger partial charge is 0.493 e. The topological polar surface area (TPSA) is 91.9 Å². The summed E-state index contributed by atoms with van der Waals surface area (Å²) in [4.78, 5) is 25.0. The van der Waals surface area contributed by atoms with E-state index < -0.39 is 6.61 Å². The molecule has 0 aliphatic carbocycles. The third-order valence-electron chi connectivity index (χ3n) is 4.82. The Kier molecular flexibility index (Phi) is 8.16. The molecule has 2 N–H and O–H groups in total. The predicted octanol–water partition coefficient (Wildman–Crippen LogP) is 1.71. The van der Waals surface area contributed by atoms with Crippen LogP contribution in [0.3, 0.4) is 0 Å². The number of rotatable bonds is 9. The summed E-state index contributed by atoms with van der Waals surface area (Å²) in [6.07, 6.45) is 3.47. The average Bonchev–Trinajstić information content (AvgIpc) is 2.79. The van der Waals surface area contributed by atoms with Crippen LogP contribution >= 0.6 is 0 Å². The fraction of sp³-hybridized carbons (Fsp3) is 0.450. The second kappa shape index (κ2) is 11.3. The van der Waals surface area contributed by atoms with E-state index in [1.165, 1.54) is 13.2 Å². The zero-order chi connectivity index (χ0) is 22.1. The first-order valence-electron chi connectivity index (χ1n) is 9.93. The van der Waals surface area contributed by atoms with E-state index in [0.29, 0.717) is 12.1 Å². The Labute approximate surface area is 179 Å². The molecule has 2 heterocycles. The molecule has 1 saturated heterocycles. The van der Waals surface area contributed by atoms with Gasteiger partial charge in [-0.3, -0.25) is 4.90 Å². The third kappa shape index (κ3) is 6.92. The second-order valence-electron chi connectivity index (χ2n) is 6.85. The van der Waals surface area contributed by atoms with Crippen LogP contribution < -0.4 is 25.0 Å². The normalized spacial score (nSPS) is 14.4. The number of hydrogen-bond acceptors (Lipinski definition) is 7. The predicted molar refractivity (Wildman–Crippen MR) is 111 cm³/mol. The summed E-state index contributed by atoms with van der Waals surface area (Å²) in [5.41, 5.74) is 0.702. The number of nitrogens with zero attached hydrogens (tertiary/aromatic N) is 4. The summed E-state index contributed by atoms with van der Waals surface area (Å²) < 4.78 is 34.2. The first-order chi connectivity index (χ1) is 15.0. The van der Waals surface area contributed by atoms with Gasteiger partial charge in [-0.05, 0) is 23.8 Å². The third-order valence-corrected chi connectivity index (χ3v) is 4.82. The van der Waals surface area contributed by atoms with E-state index in [9.17, 15) is 13.6 Å². The first-order valence-corrected chi connectivity index (χ1v) is 9.93. The van der Waals surface area contributed by atoms with Crippen molar-refractivity contribution in [3.8, 4) is 11.5 Å². The number of halogens is 2. The average molecular weight is 436 g/mol. The number of nitrogens with one attached hydrogen (secondary N) is 2. The number of alkyl halides is 2. The van der Waals surface area contributed by atoms with Crippen LogP contribution in [0.15, 0.2) is 36.7 Å². The van der Waals surface area contributed by atoms with Gasteiger partial charge in [0, 0.05) is 58.2 Å². The van der Waals surface area contributed by atoms with Gasteiger partial charge in [0.15, 0.2) is 11.5 Å². The lowest BCUT2D eigenvalue weighted by Crippen LogP contribution is -2.49. The summed E-state index contributed by atoms with van der Waals surface area (Å²) in [6.45, 7) is 1.96. The minimum atomic E-state index is -2.93. The number of amides is 2. The summed E-state index contributed by atoms with van der Waals surface area (Å²) >= 11 is 0. The van der Waals surface area contributed by atoms with Gasteiger partial charge in [0.05, 0.1) is 7.11 Å². The Morgan fingerprint density at radius 3 is 2.55 bits per heavy atom. The van der Waals surface area contributed by atoms with Crippen molar-refractivity contribution >= 4 is 12.0 Å². The second-order valence-corrected chi connectivity index (χ2v) is 6.85. The van der Waals surface area contributed by atoms with Crippen molar-refractivity contribution in [3.05, 3.63) is 42.2 Å². The van der Waals surface area contributed by atoms with E-state index in [-0.39, 0.29) is 24.1 Å². The number of benzene rings is 1. The lowest BCUT2D eigenvalue weighted by Gasteiger charge is -2.34. The van der Waals surface area contributed by atoms with Gasteiger partial charge in [0.25, 0.3) is 0 Å². The molecule has 168 valence electrons. The van der Waals surface area contributed by atoms with Crippen molar-refractivity contribution in [1.29, 1.82) is 0 Å². The maximum absolute atomic E-state index is 12.4. The van der Waals surface area contributed by atoms with Crippen molar-refractivity contribution in [2.75, 3.05) is 51.3 Å². The lowest BCUT2D eigenvalue weighted by molar-refractivity contribution is -0.0512. The molecular formula is C20H26F2N6O3. The van der Waals surface area contributed by atoms with E-state index in [4.69, 9.17) is 4.74 Å². The van der Waals surface area contributed by atoms with E-state index in [1.807, 2.05) is 0 Å². The number of carbonyl (C=O) groups is 1. The van der Waals surface area contributed by atoms with Crippen LogP contribution in [0.4, 0.5) is 19.5 Å². The Morgan fingerprint density at radius 1 is 1.13 bits per heavy atom. The van der Waals surface area contributed by atoms with Gasteiger partial charge in [-0.25, -0.2) is 14.8 Å². The van der Waals surface area contributed by atoms with Crippen LogP contribution in [0.25, 0.3) is 0 Å². The smallest absolute Gasteiger partial charge is 0.387 e. The van der Waals surface area contributed by atoms with Crippen molar-refractivity contribution in [2.45, 2.75) is 13.2 Å². The van der Waals surface area contributed by atoms with Crippen LogP contribution in [-0.4, -0.2) is 73.9 Å². The Morgan fingerprint density at radius 2 is 1.87 bits per heavy atom. The van der Waals surface area contributed by atoms with Crippen LogP contribution in [0.1, 0.15) is 5.56 Å². The molecule has 9 nitrogen and oxygen atoms in total. The molecule has 0 bridgehead atoms. The minimum absolute atomic E-state index is 0.0513. The molecule has 2 aromatic rings. The van der Waals surface area contributed by atoms with Crippen LogP contribution in [0, 0.1) is 0 Å². The summed E-state index contributed by atoms with van der Waals surface area (Å²) in [5.74, 6) is 0.870. The summed E-state index contributed by atoms with van der Waals surface area (Å²) in [6, 6.07) is 6.03. The minimum Gasteiger partial charge on any atom is -0.493 e. The SMILES string of the molecule is COc1cc(CNC(=O)NCCN2CCN(c3ncccn3)CC2)ccc1OC(F)F. The maximum Gasteiger partial charge on any atom is 0.387 e. The van der Waals surface area contributed by atoms with Crippen LogP contribution in [-0.2, 0) is 6.54 Å². The van der Waals surface area contributed by atoms with Crippen molar-refractivity contribution in [1.82, 2.24) is 25.5 Å². The Balaban J connectivity index is 1.35. The molecular weight excluding hydrogens is 410 g/mol. The lowest BCUT2D eigenvalue weighted by atomic mass is 10.2. The highest BCUT2D eigenvalue weighted by Gasteiger charge is 2.18. The standard InChI is InChI=1S/C20H26F2N6O3/c1-30-17-13-15(3-4-16(17)31-18(21)22)14-26-20(29)25-7-8-27-9-11-28(12-10-27)19-23-5-2-6-24-19/h2-6,13,18H,7-12,14H2,1H3,(H2,25,26,29). The molecule has 0 saturated carbocycles. The van der Waals surface area contributed by atoms with Gasteiger partial charge in [-0.1, -0.05) is 6.07 Å². The van der Waals surface area contributed by atoms with Gasteiger partial charge < -0.3 is 25.0 Å². The highest BCUT2D eigenvalue weighted by molar-refractivity contribution is 5.73. The zero-order valence-electron chi connectivity index (χ0n) is 17.3. The monoisotopic (exact) mass is 436 g/mol. The van der Waals surface area contributed by atoms with Crippen LogP contribution in [0.2, 0.25) is 0 Å². The number of anilines is 1. The van der Waals surface area contributed by atoms with Crippen molar-refractivity contribution in [3.63, 3.8) is 0 Å².